The van der Waals surface area contributed by atoms with Gasteiger partial charge in [-0.15, -0.1) is 0 Å². The molecule has 166 valence electrons. The molecule has 6 nitrogen and oxygen atoms in total. The van der Waals surface area contributed by atoms with Gasteiger partial charge in [-0.2, -0.15) is 10.4 Å². The fraction of sp³-hybridized carbons (Fsp3) is 0.346. The van der Waals surface area contributed by atoms with Gasteiger partial charge in [0.1, 0.15) is 11.6 Å². The van der Waals surface area contributed by atoms with Crippen molar-refractivity contribution in [3.05, 3.63) is 71.4 Å². The summed E-state index contributed by atoms with van der Waals surface area (Å²) in [5, 5.41) is 16.6. The van der Waals surface area contributed by atoms with Gasteiger partial charge in [0.05, 0.1) is 23.0 Å². The lowest BCUT2D eigenvalue weighted by molar-refractivity contribution is -0.118. The van der Waals surface area contributed by atoms with E-state index in [4.69, 9.17) is 10.00 Å². The van der Waals surface area contributed by atoms with Crippen LogP contribution < -0.4 is 10.1 Å². The minimum absolute atomic E-state index is 0.0600. The first kappa shape index (κ1) is 23.1. The molecular weight excluding hydrogens is 400 g/mol. The Balaban J connectivity index is 1.76. The maximum atomic E-state index is 12.6. The fourth-order valence-electron chi connectivity index (χ4n) is 3.09. The van der Waals surface area contributed by atoms with Crippen molar-refractivity contribution in [2.45, 2.75) is 52.4 Å². The molecule has 1 heterocycles. The summed E-state index contributed by atoms with van der Waals surface area (Å²) in [5.41, 5.74) is 3.24. The number of hydrogen-bond acceptors (Lipinski definition) is 4. The largest absolute Gasteiger partial charge is 0.484 e. The van der Waals surface area contributed by atoms with Gasteiger partial charge in [-0.25, -0.2) is 4.68 Å². The van der Waals surface area contributed by atoms with Gasteiger partial charge < -0.3 is 10.1 Å². The molecule has 0 aliphatic heterocycles. The van der Waals surface area contributed by atoms with E-state index < -0.39 is 0 Å². The topological polar surface area (TPSA) is 79.9 Å². The van der Waals surface area contributed by atoms with Crippen LogP contribution in [0.4, 0.5) is 5.82 Å². The predicted molar refractivity (Wildman–Crippen MR) is 126 cm³/mol. The first-order valence-corrected chi connectivity index (χ1v) is 10.6. The molecule has 0 fully saturated rings. The molecule has 0 bridgehead atoms. The first-order valence-electron chi connectivity index (χ1n) is 10.6. The number of ether oxygens (including phenoxy) is 1. The number of carbonyl (C=O) groups excluding carboxylic acids is 1. The lowest BCUT2D eigenvalue weighted by Crippen LogP contribution is -2.22. The van der Waals surface area contributed by atoms with Crippen molar-refractivity contribution in [2.24, 2.45) is 0 Å². The summed E-state index contributed by atoms with van der Waals surface area (Å²) in [6.07, 6.45) is 0. The Labute approximate surface area is 189 Å². The number of benzene rings is 2. The summed E-state index contributed by atoms with van der Waals surface area (Å²) >= 11 is 0. The van der Waals surface area contributed by atoms with Gasteiger partial charge >= 0.3 is 0 Å². The van der Waals surface area contributed by atoms with Gasteiger partial charge in [0.25, 0.3) is 5.91 Å². The van der Waals surface area contributed by atoms with Gasteiger partial charge in [-0.1, -0.05) is 53.7 Å². The summed E-state index contributed by atoms with van der Waals surface area (Å²) in [5.74, 6) is 0.917. The van der Waals surface area contributed by atoms with E-state index >= 15 is 0 Å². The number of carbonyl (C=O) groups is 1. The number of rotatable bonds is 5. The number of nitrogens with one attached hydrogen (secondary N) is 1. The number of nitriles is 1. The van der Waals surface area contributed by atoms with Crippen molar-refractivity contribution < 1.29 is 9.53 Å². The average Bonchev–Trinajstić information content (AvgIpc) is 3.16. The molecule has 0 atom stereocenters. The molecule has 6 heteroatoms. The lowest BCUT2D eigenvalue weighted by Gasteiger charge is -2.19. The zero-order chi connectivity index (χ0) is 23.5. The molecule has 3 rings (SSSR count). The van der Waals surface area contributed by atoms with Gasteiger partial charge in [0, 0.05) is 11.5 Å². The van der Waals surface area contributed by atoms with E-state index in [1.807, 2.05) is 30.3 Å². The van der Waals surface area contributed by atoms with E-state index in [0.717, 1.165) is 11.4 Å². The Kier molecular flexibility index (Phi) is 6.40. The summed E-state index contributed by atoms with van der Waals surface area (Å²) in [6, 6.07) is 18.8. The van der Waals surface area contributed by atoms with Gasteiger partial charge in [0.15, 0.2) is 6.61 Å². The number of aromatic nitrogens is 2. The highest BCUT2D eigenvalue weighted by Gasteiger charge is 2.22. The van der Waals surface area contributed by atoms with Crippen molar-refractivity contribution in [2.75, 3.05) is 11.9 Å². The number of nitrogens with zero attached hydrogens (tertiary/aromatic N) is 3. The summed E-state index contributed by atoms with van der Waals surface area (Å²) in [7, 11) is 0. The third kappa shape index (κ3) is 5.55. The molecule has 1 amide bonds. The Bertz CT molecular complexity index is 1120. The molecule has 1 aromatic heterocycles. The smallest absolute Gasteiger partial charge is 0.263 e. The lowest BCUT2D eigenvalue weighted by atomic mass is 9.87. The van der Waals surface area contributed by atoms with Crippen LogP contribution in [0.1, 0.15) is 58.4 Å². The summed E-state index contributed by atoms with van der Waals surface area (Å²) in [4.78, 5) is 12.6. The Hall–Kier alpha value is -3.59. The van der Waals surface area contributed by atoms with Crippen LogP contribution in [0.25, 0.3) is 5.69 Å². The molecule has 32 heavy (non-hydrogen) atoms. The van der Waals surface area contributed by atoms with E-state index in [2.05, 4.69) is 58.0 Å². The zero-order valence-corrected chi connectivity index (χ0v) is 19.6. The van der Waals surface area contributed by atoms with Crippen molar-refractivity contribution >= 4 is 11.7 Å². The minimum atomic E-state index is -0.278. The predicted octanol–water partition coefficient (Wildman–Crippen LogP) is 5.36. The van der Waals surface area contributed by atoms with E-state index in [1.165, 1.54) is 5.56 Å². The van der Waals surface area contributed by atoms with Crippen LogP contribution in [-0.2, 0) is 15.6 Å². The first-order chi connectivity index (χ1) is 15.0. The van der Waals surface area contributed by atoms with E-state index in [9.17, 15) is 4.79 Å². The third-order valence-electron chi connectivity index (χ3n) is 5.08. The molecule has 0 aliphatic carbocycles. The van der Waals surface area contributed by atoms with Crippen molar-refractivity contribution in [1.82, 2.24) is 9.78 Å². The molecule has 0 unspecified atom stereocenters. The van der Waals surface area contributed by atoms with E-state index in [0.29, 0.717) is 17.1 Å². The summed E-state index contributed by atoms with van der Waals surface area (Å²) in [6.45, 7) is 12.5. The molecule has 0 aliphatic rings. The second kappa shape index (κ2) is 8.88. The van der Waals surface area contributed by atoms with Crippen LogP contribution in [0.15, 0.2) is 54.6 Å². The zero-order valence-electron chi connectivity index (χ0n) is 19.6. The van der Waals surface area contributed by atoms with E-state index in [1.54, 1.807) is 28.9 Å². The van der Waals surface area contributed by atoms with Gasteiger partial charge in [0.2, 0.25) is 0 Å². The van der Waals surface area contributed by atoms with Crippen LogP contribution in [0, 0.1) is 11.3 Å². The van der Waals surface area contributed by atoms with Crippen LogP contribution in [0.3, 0.4) is 0 Å². The molecule has 0 radical (unpaired) electrons. The minimum Gasteiger partial charge on any atom is -0.484 e. The highest BCUT2D eigenvalue weighted by molar-refractivity contribution is 5.91. The molecule has 0 saturated carbocycles. The van der Waals surface area contributed by atoms with Gasteiger partial charge in [-0.3, -0.25) is 4.79 Å². The van der Waals surface area contributed by atoms with E-state index in [-0.39, 0.29) is 23.3 Å². The Morgan fingerprint density at radius 3 is 2.16 bits per heavy atom. The molecular formula is C26H30N4O2. The number of amides is 1. The highest BCUT2D eigenvalue weighted by Crippen LogP contribution is 2.27. The molecule has 0 spiro atoms. The average molecular weight is 431 g/mol. The quantitative estimate of drug-likeness (QED) is 0.591. The van der Waals surface area contributed by atoms with Crippen LogP contribution >= 0.6 is 0 Å². The third-order valence-corrected chi connectivity index (χ3v) is 5.08. The summed E-state index contributed by atoms with van der Waals surface area (Å²) < 4.78 is 7.36. The van der Waals surface area contributed by atoms with Crippen LogP contribution in [0.2, 0.25) is 0 Å². The Morgan fingerprint density at radius 1 is 1.00 bits per heavy atom. The standard InChI is InChI=1S/C26H30N4O2/c1-25(2,3)19-9-13-21(14-10-19)32-17-24(31)28-23-15-22(26(4,5)6)29-30(23)20-11-7-18(16-27)8-12-20/h7-15H,17H2,1-6H3,(H,28,31). The maximum absolute atomic E-state index is 12.6. The van der Waals surface area contributed by atoms with Crippen molar-refractivity contribution in [3.8, 4) is 17.5 Å². The molecule has 1 N–H and O–H groups in total. The van der Waals surface area contributed by atoms with Gasteiger partial charge in [-0.05, 0) is 47.4 Å². The second-order valence-electron chi connectivity index (χ2n) is 9.85. The second-order valence-corrected chi connectivity index (χ2v) is 9.85. The normalized spacial score (nSPS) is 11.7. The molecule has 3 aromatic rings. The number of hydrogen-bond donors (Lipinski definition) is 1. The molecule has 0 saturated heterocycles. The monoisotopic (exact) mass is 430 g/mol. The maximum Gasteiger partial charge on any atom is 0.263 e. The van der Waals surface area contributed by atoms with Crippen molar-refractivity contribution in [1.29, 1.82) is 5.26 Å². The number of anilines is 1. The molecule has 2 aromatic carbocycles. The van der Waals surface area contributed by atoms with Crippen LogP contribution in [-0.4, -0.2) is 22.3 Å². The SMILES string of the molecule is CC(C)(C)c1ccc(OCC(=O)Nc2cc(C(C)(C)C)nn2-c2ccc(C#N)cc2)cc1. The Morgan fingerprint density at radius 2 is 1.62 bits per heavy atom. The van der Waals surface area contributed by atoms with Crippen LogP contribution in [0.5, 0.6) is 5.75 Å². The highest BCUT2D eigenvalue weighted by atomic mass is 16.5. The van der Waals surface area contributed by atoms with Crippen molar-refractivity contribution in [3.63, 3.8) is 0 Å². The fourth-order valence-corrected chi connectivity index (χ4v) is 3.09.